The molecule has 0 saturated heterocycles. The molecule has 104 valence electrons. The Bertz CT molecular complexity index is 599. The van der Waals surface area contributed by atoms with Gasteiger partial charge < -0.3 is 4.74 Å². The highest BCUT2D eigenvalue weighted by Gasteiger charge is 2.14. The molecule has 0 N–H and O–H groups in total. The summed E-state index contributed by atoms with van der Waals surface area (Å²) in [5, 5.41) is 10.1. The van der Waals surface area contributed by atoms with Gasteiger partial charge >= 0.3 is 0 Å². The molecule has 1 aromatic heterocycles. The third kappa shape index (κ3) is 3.33. The maximum absolute atomic E-state index is 9.26. The van der Waals surface area contributed by atoms with Gasteiger partial charge in [0.1, 0.15) is 22.4 Å². The summed E-state index contributed by atoms with van der Waals surface area (Å²) in [7, 11) is 0. The lowest BCUT2D eigenvalue weighted by Crippen LogP contribution is -1.95. The van der Waals surface area contributed by atoms with Crippen molar-refractivity contribution in [2.24, 2.45) is 0 Å². The van der Waals surface area contributed by atoms with E-state index in [4.69, 9.17) is 4.74 Å². The molecule has 0 atom stereocenters. The molecule has 2 rings (SSSR count). The Hall–Kier alpha value is -1.51. The molecule has 0 unspecified atom stereocenters. The van der Waals surface area contributed by atoms with Crippen LogP contribution in [0.3, 0.4) is 0 Å². The van der Waals surface area contributed by atoms with Crippen LogP contribution in [0.1, 0.15) is 25.3 Å². The smallest absolute Gasteiger partial charge is 0.128 e. The minimum absolute atomic E-state index is 0.669. The molecule has 1 heterocycles. The van der Waals surface area contributed by atoms with Gasteiger partial charge in [-0.15, -0.1) is 11.8 Å². The minimum atomic E-state index is 0.669. The number of nitriles is 1. The normalized spacial score (nSPS) is 10.2. The zero-order chi connectivity index (χ0) is 14.4. The summed E-state index contributed by atoms with van der Waals surface area (Å²) in [6, 6.07) is 10.1. The number of nitrogens with zero attached hydrogens (tertiary/aromatic N) is 2. The van der Waals surface area contributed by atoms with Crippen molar-refractivity contribution in [3.05, 3.63) is 29.8 Å². The molecule has 0 amide bonds. The van der Waals surface area contributed by atoms with Crippen LogP contribution in [0.15, 0.2) is 29.3 Å². The first kappa shape index (κ1) is 14.9. The SMILES string of the molecule is CCCCOc1ccc(-c2snc(SC)c2C#N)cc1. The summed E-state index contributed by atoms with van der Waals surface area (Å²) in [5.41, 5.74) is 1.68. The molecule has 0 bridgehead atoms. The highest BCUT2D eigenvalue weighted by molar-refractivity contribution is 7.98. The third-order valence-corrected chi connectivity index (χ3v) is 4.54. The number of hydrogen-bond donors (Lipinski definition) is 0. The molecule has 20 heavy (non-hydrogen) atoms. The van der Waals surface area contributed by atoms with Crippen LogP contribution < -0.4 is 4.74 Å². The zero-order valence-corrected chi connectivity index (χ0v) is 13.2. The highest BCUT2D eigenvalue weighted by Crippen LogP contribution is 2.34. The van der Waals surface area contributed by atoms with E-state index in [2.05, 4.69) is 17.4 Å². The number of unbranched alkanes of at least 4 members (excludes halogenated alkanes) is 1. The van der Waals surface area contributed by atoms with Crippen molar-refractivity contribution in [1.29, 1.82) is 5.26 Å². The number of benzene rings is 1. The number of hydrogen-bond acceptors (Lipinski definition) is 5. The molecule has 0 aliphatic carbocycles. The highest BCUT2D eigenvalue weighted by atomic mass is 32.2. The third-order valence-electron chi connectivity index (χ3n) is 2.85. The minimum Gasteiger partial charge on any atom is -0.494 e. The van der Waals surface area contributed by atoms with Crippen LogP contribution in [0.4, 0.5) is 0 Å². The van der Waals surface area contributed by atoms with E-state index in [0.717, 1.165) is 40.7 Å². The second-order valence-electron chi connectivity index (χ2n) is 4.23. The van der Waals surface area contributed by atoms with E-state index in [9.17, 15) is 5.26 Å². The van der Waals surface area contributed by atoms with E-state index in [-0.39, 0.29) is 0 Å². The van der Waals surface area contributed by atoms with Gasteiger partial charge in [-0.3, -0.25) is 0 Å². The molecule has 3 nitrogen and oxygen atoms in total. The van der Waals surface area contributed by atoms with Crippen LogP contribution in [0.5, 0.6) is 5.75 Å². The van der Waals surface area contributed by atoms with Crippen LogP contribution in [0, 0.1) is 11.3 Å². The van der Waals surface area contributed by atoms with Crippen molar-refractivity contribution in [1.82, 2.24) is 4.37 Å². The van der Waals surface area contributed by atoms with Gasteiger partial charge in [0.2, 0.25) is 0 Å². The Morgan fingerprint density at radius 3 is 2.70 bits per heavy atom. The number of rotatable bonds is 6. The second-order valence-corrected chi connectivity index (χ2v) is 5.80. The van der Waals surface area contributed by atoms with Gasteiger partial charge in [-0.25, -0.2) is 0 Å². The molecular formula is C15H16N2OS2. The molecule has 5 heteroatoms. The number of thioether (sulfide) groups is 1. The largest absolute Gasteiger partial charge is 0.494 e. The Labute approximate surface area is 127 Å². The van der Waals surface area contributed by atoms with Crippen molar-refractivity contribution in [3.8, 4) is 22.3 Å². The molecule has 0 aliphatic rings. The van der Waals surface area contributed by atoms with Crippen molar-refractivity contribution >= 4 is 23.3 Å². The average Bonchev–Trinajstić information content (AvgIpc) is 2.91. The van der Waals surface area contributed by atoms with E-state index >= 15 is 0 Å². The van der Waals surface area contributed by atoms with Gasteiger partial charge in [0, 0.05) is 0 Å². The first-order valence-corrected chi connectivity index (χ1v) is 8.47. The van der Waals surface area contributed by atoms with Gasteiger partial charge in [0.15, 0.2) is 0 Å². The Morgan fingerprint density at radius 1 is 1.35 bits per heavy atom. The zero-order valence-electron chi connectivity index (χ0n) is 11.5. The molecule has 0 radical (unpaired) electrons. The average molecular weight is 304 g/mol. The second kappa shape index (κ2) is 7.32. The van der Waals surface area contributed by atoms with Crippen molar-refractivity contribution in [2.45, 2.75) is 24.8 Å². The van der Waals surface area contributed by atoms with E-state index in [0.29, 0.717) is 5.56 Å². The van der Waals surface area contributed by atoms with Crippen LogP contribution in [-0.2, 0) is 0 Å². The summed E-state index contributed by atoms with van der Waals surface area (Å²) in [4.78, 5) is 0.928. The van der Waals surface area contributed by atoms with Gasteiger partial charge in [-0.1, -0.05) is 13.3 Å². The summed E-state index contributed by atoms with van der Waals surface area (Å²) in [5.74, 6) is 0.871. The molecule has 0 saturated carbocycles. The van der Waals surface area contributed by atoms with E-state index in [1.54, 1.807) is 0 Å². The molecule has 0 spiro atoms. The summed E-state index contributed by atoms with van der Waals surface area (Å²) >= 11 is 2.88. The summed E-state index contributed by atoms with van der Waals surface area (Å²) in [6.07, 6.45) is 4.12. The predicted octanol–water partition coefficient (Wildman–Crippen LogP) is 4.58. The monoisotopic (exact) mass is 304 g/mol. The molecule has 0 aliphatic heterocycles. The first-order chi connectivity index (χ1) is 9.80. The van der Waals surface area contributed by atoms with Crippen molar-refractivity contribution < 1.29 is 4.74 Å². The molecule has 1 aromatic carbocycles. The van der Waals surface area contributed by atoms with Crippen LogP contribution in [0.25, 0.3) is 10.4 Å². The maximum atomic E-state index is 9.26. The molecule has 0 fully saturated rings. The first-order valence-electron chi connectivity index (χ1n) is 6.47. The van der Waals surface area contributed by atoms with E-state index in [1.165, 1.54) is 23.3 Å². The topological polar surface area (TPSA) is 45.9 Å². The summed E-state index contributed by atoms with van der Waals surface area (Å²) in [6.45, 7) is 2.89. The molecular weight excluding hydrogens is 288 g/mol. The van der Waals surface area contributed by atoms with Gasteiger partial charge in [0.05, 0.1) is 11.5 Å². The van der Waals surface area contributed by atoms with Crippen LogP contribution in [-0.4, -0.2) is 17.2 Å². The number of aromatic nitrogens is 1. The van der Waals surface area contributed by atoms with Gasteiger partial charge in [-0.2, -0.15) is 9.64 Å². The standard InChI is InChI=1S/C15H16N2OS2/c1-3-4-9-18-12-7-5-11(6-8-12)14-13(10-16)15(19-2)17-20-14/h5-8H,3-4,9H2,1-2H3. The van der Waals surface area contributed by atoms with E-state index in [1.807, 2.05) is 30.5 Å². The maximum Gasteiger partial charge on any atom is 0.128 e. The quantitative estimate of drug-likeness (QED) is 0.579. The molecule has 2 aromatic rings. The fraction of sp³-hybridized carbons (Fsp3) is 0.333. The fourth-order valence-electron chi connectivity index (χ4n) is 1.75. The van der Waals surface area contributed by atoms with Crippen molar-refractivity contribution in [3.63, 3.8) is 0 Å². The lowest BCUT2D eigenvalue weighted by atomic mass is 10.1. The van der Waals surface area contributed by atoms with Gasteiger partial charge in [0.25, 0.3) is 0 Å². The number of ether oxygens (including phenoxy) is 1. The summed E-state index contributed by atoms with van der Waals surface area (Å²) < 4.78 is 9.95. The lowest BCUT2D eigenvalue weighted by molar-refractivity contribution is 0.309. The Balaban J connectivity index is 2.18. The lowest BCUT2D eigenvalue weighted by Gasteiger charge is -2.05. The van der Waals surface area contributed by atoms with E-state index < -0.39 is 0 Å². The van der Waals surface area contributed by atoms with Crippen molar-refractivity contribution in [2.75, 3.05) is 12.9 Å². The van der Waals surface area contributed by atoms with Crippen LogP contribution >= 0.6 is 23.3 Å². The fourth-order valence-corrected chi connectivity index (χ4v) is 3.31. The Kier molecular flexibility index (Phi) is 5.45. The van der Waals surface area contributed by atoms with Crippen LogP contribution in [0.2, 0.25) is 0 Å². The predicted molar refractivity (Wildman–Crippen MR) is 84.4 cm³/mol. The van der Waals surface area contributed by atoms with Gasteiger partial charge in [-0.05, 0) is 54.0 Å². The Morgan fingerprint density at radius 2 is 2.10 bits per heavy atom.